The molecule has 0 aliphatic heterocycles. The highest BCUT2D eigenvalue weighted by Gasteiger charge is 2.03. The molecule has 3 heteroatoms. The molecule has 0 amide bonds. The van der Waals surface area contributed by atoms with E-state index in [0.29, 0.717) is 11.1 Å². The summed E-state index contributed by atoms with van der Waals surface area (Å²) in [6, 6.07) is 7.68. The Morgan fingerprint density at radius 1 is 1.20 bits per heavy atom. The molecule has 0 aliphatic rings. The van der Waals surface area contributed by atoms with E-state index in [1.54, 1.807) is 6.92 Å². The second-order valence-electron chi connectivity index (χ2n) is 3.83. The molecule has 0 aliphatic carbocycles. The first kappa shape index (κ1) is 9.77. The van der Waals surface area contributed by atoms with Gasteiger partial charge in [0, 0.05) is 36.8 Å². The Labute approximate surface area is 87.9 Å². The number of benzene rings is 1. The summed E-state index contributed by atoms with van der Waals surface area (Å²) >= 11 is 0. The van der Waals surface area contributed by atoms with Gasteiger partial charge >= 0.3 is 5.63 Å². The Morgan fingerprint density at radius 3 is 2.60 bits per heavy atom. The van der Waals surface area contributed by atoms with E-state index >= 15 is 0 Å². The molecule has 1 heterocycles. The third-order valence-corrected chi connectivity index (χ3v) is 2.41. The molecule has 2 rings (SSSR count). The van der Waals surface area contributed by atoms with Gasteiger partial charge in [0.1, 0.15) is 5.58 Å². The number of hydrogen-bond acceptors (Lipinski definition) is 3. The topological polar surface area (TPSA) is 33.5 Å². The molecule has 0 radical (unpaired) electrons. The molecule has 1 aromatic carbocycles. The SMILES string of the molecule is Cc1cc2ccc(N(C)C)cc2oc1=O. The summed E-state index contributed by atoms with van der Waals surface area (Å²) in [7, 11) is 3.90. The highest BCUT2D eigenvalue weighted by atomic mass is 16.4. The third-order valence-electron chi connectivity index (χ3n) is 2.41. The van der Waals surface area contributed by atoms with E-state index in [0.717, 1.165) is 11.1 Å². The van der Waals surface area contributed by atoms with Crippen LogP contribution in [0.4, 0.5) is 5.69 Å². The quantitative estimate of drug-likeness (QED) is 0.666. The van der Waals surface area contributed by atoms with E-state index in [4.69, 9.17) is 4.42 Å². The normalized spacial score (nSPS) is 10.6. The van der Waals surface area contributed by atoms with Gasteiger partial charge in [0.2, 0.25) is 0 Å². The minimum Gasteiger partial charge on any atom is -0.422 e. The summed E-state index contributed by atoms with van der Waals surface area (Å²) in [5.41, 5.74) is 2.03. The van der Waals surface area contributed by atoms with E-state index < -0.39 is 0 Å². The maximum atomic E-state index is 11.3. The monoisotopic (exact) mass is 203 g/mol. The maximum Gasteiger partial charge on any atom is 0.339 e. The predicted octanol–water partition coefficient (Wildman–Crippen LogP) is 2.17. The molecule has 2 aromatic rings. The van der Waals surface area contributed by atoms with E-state index in [-0.39, 0.29) is 5.63 Å². The van der Waals surface area contributed by atoms with Gasteiger partial charge in [-0.3, -0.25) is 0 Å². The zero-order valence-electron chi connectivity index (χ0n) is 9.07. The van der Waals surface area contributed by atoms with Crippen LogP contribution in [0.2, 0.25) is 0 Å². The van der Waals surface area contributed by atoms with Crippen molar-refractivity contribution in [3.63, 3.8) is 0 Å². The first-order valence-corrected chi connectivity index (χ1v) is 4.80. The van der Waals surface area contributed by atoms with Crippen molar-refractivity contribution in [2.24, 2.45) is 0 Å². The summed E-state index contributed by atoms with van der Waals surface area (Å²) in [6.07, 6.45) is 0. The minimum absolute atomic E-state index is 0.265. The van der Waals surface area contributed by atoms with Gasteiger partial charge < -0.3 is 9.32 Å². The Bertz CT molecular complexity index is 555. The van der Waals surface area contributed by atoms with Crippen molar-refractivity contribution in [3.8, 4) is 0 Å². The largest absolute Gasteiger partial charge is 0.422 e. The first-order valence-electron chi connectivity index (χ1n) is 4.80. The van der Waals surface area contributed by atoms with Crippen LogP contribution in [0.25, 0.3) is 11.0 Å². The van der Waals surface area contributed by atoms with E-state index in [1.807, 2.05) is 43.3 Å². The predicted molar refractivity (Wildman–Crippen MR) is 61.5 cm³/mol. The lowest BCUT2D eigenvalue weighted by molar-refractivity contribution is 0.555. The average Bonchev–Trinajstić information content (AvgIpc) is 2.19. The van der Waals surface area contributed by atoms with Crippen LogP contribution in [0.1, 0.15) is 5.56 Å². The van der Waals surface area contributed by atoms with Crippen LogP contribution in [-0.4, -0.2) is 14.1 Å². The highest BCUT2D eigenvalue weighted by Crippen LogP contribution is 2.20. The molecule has 0 bridgehead atoms. The van der Waals surface area contributed by atoms with Gasteiger partial charge in [0.25, 0.3) is 0 Å². The molecule has 78 valence electrons. The number of hydrogen-bond donors (Lipinski definition) is 0. The van der Waals surface area contributed by atoms with Crippen LogP contribution in [0.3, 0.4) is 0 Å². The number of aryl methyl sites for hydroxylation is 1. The lowest BCUT2D eigenvalue weighted by atomic mass is 10.2. The average molecular weight is 203 g/mol. The fourth-order valence-electron chi connectivity index (χ4n) is 1.48. The molecule has 1 aromatic heterocycles. The van der Waals surface area contributed by atoms with Crippen LogP contribution in [0.15, 0.2) is 33.5 Å². The zero-order chi connectivity index (χ0) is 11.0. The van der Waals surface area contributed by atoms with Crippen molar-refractivity contribution < 1.29 is 4.42 Å². The standard InChI is InChI=1S/C12H13NO2/c1-8-6-9-4-5-10(13(2)3)7-11(9)15-12(8)14/h4-7H,1-3H3. The van der Waals surface area contributed by atoms with Gasteiger partial charge in [-0.1, -0.05) is 0 Å². The molecule has 0 spiro atoms. The van der Waals surface area contributed by atoms with Crippen LogP contribution in [-0.2, 0) is 0 Å². The summed E-state index contributed by atoms with van der Waals surface area (Å²) in [6.45, 7) is 1.76. The minimum atomic E-state index is -0.265. The molecule has 15 heavy (non-hydrogen) atoms. The second-order valence-corrected chi connectivity index (χ2v) is 3.83. The summed E-state index contributed by atoms with van der Waals surface area (Å²) in [5, 5.41) is 0.956. The molecule has 0 N–H and O–H groups in total. The molecule has 0 saturated heterocycles. The smallest absolute Gasteiger partial charge is 0.339 e. The molecule has 0 atom stereocenters. The van der Waals surface area contributed by atoms with Gasteiger partial charge in [-0.15, -0.1) is 0 Å². The van der Waals surface area contributed by atoms with Gasteiger partial charge in [0.15, 0.2) is 0 Å². The summed E-state index contributed by atoms with van der Waals surface area (Å²) in [5.74, 6) is 0. The molecular formula is C12H13NO2. The van der Waals surface area contributed by atoms with Gasteiger partial charge in [-0.2, -0.15) is 0 Å². The van der Waals surface area contributed by atoms with E-state index in [9.17, 15) is 4.79 Å². The summed E-state index contributed by atoms with van der Waals surface area (Å²) < 4.78 is 5.20. The lowest BCUT2D eigenvalue weighted by Gasteiger charge is -2.12. The van der Waals surface area contributed by atoms with Gasteiger partial charge in [0.05, 0.1) is 0 Å². The number of anilines is 1. The molecule has 0 fully saturated rings. The van der Waals surface area contributed by atoms with Gasteiger partial charge in [-0.25, -0.2) is 4.79 Å². The summed E-state index contributed by atoms with van der Waals surface area (Å²) in [4.78, 5) is 13.3. The van der Waals surface area contributed by atoms with Crippen LogP contribution in [0, 0.1) is 6.92 Å². The Hall–Kier alpha value is -1.77. The number of nitrogens with zero attached hydrogens (tertiary/aromatic N) is 1. The number of rotatable bonds is 1. The number of fused-ring (bicyclic) bond motifs is 1. The molecule has 3 nitrogen and oxygen atoms in total. The van der Waals surface area contributed by atoms with Crippen molar-refractivity contribution in [2.45, 2.75) is 6.92 Å². The Kier molecular flexibility index (Phi) is 2.23. The van der Waals surface area contributed by atoms with Crippen molar-refractivity contribution in [1.82, 2.24) is 0 Å². The Balaban J connectivity index is 2.72. The first-order chi connectivity index (χ1) is 7.08. The van der Waals surface area contributed by atoms with Crippen molar-refractivity contribution >= 4 is 16.7 Å². The zero-order valence-corrected chi connectivity index (χ0v) is 9.07. The molecule has 0 saturated carbocycles. The fourth-order valence-corrected chi connectivity index (χ4v) is 1.48. The van der Waals surface area contributed by atoms with Crippen LogP contribution < -0.4 is 10.5 Å². The van der Waals surface area contributed by atoms with Crippen molar-refractivity contribution in [2.75, 3.05) is 19.0 Å². The van der Waals surface area contributed by atoms with E-state index in [1.165, 1.54) is 0 Å². The molecule has 0 unspecified atom stereocenters. The third kappa shape index (κ3) is 1.73. The highest BCUT2D eigenvalue weighted by molar-refractivity contribution is 5.80. The van der Waals surface area contributed by atoms with Crippen LogP contribution >= 0.6 is 0 Å². The lowest BCUT2D eigenvalue weighted by Crippen LogP contribution is -2.08. The van der Waals surface area contributed by atoms with Crippen LogP contribution in [0.5, 0.6) is 0 Å². The van der Waals surface area contributed by atoms with Gasteiger partial charge in [-0.05, 0) is 25.1 Å². The Morgan fingerprint density at radius 2 is 1.93 bits per heavy atom. The van der Waals surface area contributed by atoms with E-state index in [2.05, 4.69) is 0 Å². The van der Waals surface area contributed by atoms with Crippen molar-refractivity contribution in [1.29, 1.82) is 0 Å². The fraction of sp³-hybridized carbons (Fsp3) is 0.250. The van der Waals surface area contributed by atoms with Crippen molar-refractivity contribution in [3.05, 3.63) is 40.2 Å². The second kappa shape index (κ2) is 3.42. The molecular weight excluding hydrogens is 190 g/mol. The maximum absolute atomic E-state index is 11.3.